The Kier molecular flexibility index (Phi) is 6.76. The maximum atomic E-state index is 13.2. The van der Waals surface area contributed by atoms with Crippen molar-refractivity contribution in [1.29, 1.82) is 0 Å². The predicted octanol–water partition coefficient (Wildman–Crippen LogP) is 6.71. The van der Waals surface area contributed by atoms with Gasteiger partial charge in [-0.3, -0.25) is 9.48 Å². The van der Waals surface area contributed by atoms with Gasteiger partial charge in [-0.15, -0.1) is 0 Å². The quantitative estimate of drug-likeness (QED) is 0.271. The van der Waals surface area contributed by atoms with Crippen molar-refractivity contribution >= 4 is 11.6 Å². The Morgan fingerprint density at radius 1 is 0.833 bits per heavy atom. The van der Waals surface area contributed by atoms with E-state index in [1.165, 1.54) is 0 Å². The number of nitrogens with one attached hydrogen (secondary N) is 1. The summed E-state index contributed by atoms with van der Waals surface area (Å²) in [7, 11) is 1.87. The van der Waals surface area contributed by atoms with Crippen LogP contribution in [0, 0.1) is 0 Å². The lowest BCUT2D eigenvalue weighted by Crippen LogP contribution is -2.13. The van der Waals surface area contributed by atoms with Gasteiger partial charge in [-0.2, -0.15) is 5.10 Å². The average molecular weight is 476 g/mol. The van der Waals surface area contributed by atoms with Crippen LogP contribution in [0.2, 0.25) is 0 Å². The molecule has 6 nitrogen and oxygen atoms in total. The second-order valence-electron chi connectivity index (χ2n) is 8.28. The highest BCUT2D eigenvalue weighted by molar-refractivity contribution is 6.06. The molecule has 0 saturated carbocycles. The van der Waals surface area contributed by atoms with Gasteiger partial charge in [0.2, 0.25) is 0 Å². The van der Waals surface area contributed by atoms with E-state index in [-0.39, 0.29) is 5.91 Å². The van der Waals surface area contributed by atoms with Crippen LogP contribution in [0.4, 0.5) is 5.69 Å². The molecule has 0 aliphatic heterocycles. The molecule has 0 saturated heterocycles. The van der Waals surface area contributed by atoms with E-state index in [1.807, 2.05) is 110 Å². The Bertz CT molecular complexity index is 1450. The van der Waals surface area contributed by atoms with Crippen molar-refractivity contribution < 1.29 is 14.3 Å². The number of ether oxygens (including phenoxy) is 2. The van der Waals surface area contributed by atoms with E-state index < -0.39 is 0 Å². The number of aryl methyl sites for hydroxylation is 1. The molecule has 1 amide bonds. The van der Waals surface area contributed by atoms with E-state index in [4.69, 9.17) is 9.47 Å². The third-order valence-corrected chi connectivity index (χ3v) is 5.59. The SMILES string of the molecule is Cn1cc(-c2ccc(C(=O)Nc3ccc(Oc4ccccc4)cc3)c(OCc3ccccc3)c2)cn1. The molecule has 5 rings (SSSR count). The van der Waals surface area contributed by atoms with Crippen LogP contribution in [0.5, 0.6) is 17.2 Å². The van der Waals surface area contributed by atoms with Gasteiger partial charge in [-0.05, 0) is 59.7 Å². The van der Waals surface area contributed by atoms with Gasteiger partial charge in [-0.25, -0.2) is 0 Å². The molecule has 1 aromatic heterocycles. The standard InChI is InChI=1S/C30H25N3O3/c1-33-20-24(19-31-33)23-12-17-28(29(18-23)35-21-22-8-4-2-5-9-22)30(34)32-25-13-15-27(16-14-25)36-26-10-6-3-7-11-26/h2-20H,21H2,1H3,(H,32,34). The molecule has 36 heavy (non-hydrogen) atoms. The third kappa shape index (κ3) is 5.62. The maximum Gasteiger partial charge on any atom is 0.259 e. The highest BCUT2D eigenvalue weighted by Crippen LogP contribution is 2.29. The minimum atomic E-state index is -0.257. The fourth-order valence-corrected chi connectivity index (χ4v) is 3.74. The largest absolute Gasteiger partial charge is 0.488 e. The molecular formula is C30H25N3O3. The second-order valence-corrected chi connectivity index (χ2v) is 8.28. The summed E-state index contributed by atoms with van der Waals surface area (Å²) in [6.07, 6.45) is 3.71. The second kappa shape index (κ2) is 10.6. The van der Waals surface area contributed by atoms with Crippen LogP contribution >= 0.6 is 0 Å². The molecule has 0 unspecified atom stereocenters. The number of hydrogen-bond donors (Lipinski definition) is 1. The van der Waals surface area contributed by atoms with Gasteiger partial charge in [0, 0.05) is 24.5 Å². The Morgan fingerprint density at radius 3 is 2.22 bits per heavy atom. The minimum absolute atomic E-state index is 0.257. The Hall–Kier alpha value is -4.84. The highest BCUT2D eigenvalue weighted by atomic mass is 16.5. The van der Waals surface area contributed by atoms with Gasteiger partial charge >= 0.3 is 0 Å². The number of aromatic nitrogens is 2. The van der Waals surface area contributed by atoms with Crippen molar-refractivity contribution in [3.05, 3.63) is 127 Å². The summed E-state index contributed by atoms with van der Waals surface area (Å²) < 4.78 is 13.7. The molecule has 0 fully saturated rings. The molecule has 4 aromatic carbocycles. The summed E-state index contributed by atoms with van der Waals surface area (Å²) in [5, 5.41) is 7.21. The van der Waals surface area contributed by atoms with Crippen molar-refractivity contribution in [3.8, 4) is 28.4 Å². The van der Waals surface area contributed by atoms with Crippen LogP contribution in [0.25, 0.3) is 11.1 Å². The number of rotatable bonds is 8. The first-order chi connectivity index (χ1) is 17.6. The number of carbonyl (C=O) groups is 1. The van der Waals surface area contributed by atoms with E-state index in [1.54, 1.807) is 16.9 Å². The van der Waals surface area contributed by atoms with Gasteiger partial charge in [-0.1, -0.05) is 54.6 Å². The van der Waals surface area contributed by atoms with Gasteiger partial charge in [0.15, 0.2) is 0 Å². The highest BCUT2D eigenvalue weighted by Gasteiger charge is 2.16. The van der Waals surface area contributed by atoms with Crippen molar-refractivity contribution in [2.24, 2.45) is 7.05 Å². The number of hydrogen-bond acceptors (Lipinski definition) is 4. The van der Waals surface area contributed by atoms with Gasteiger partial charge in [0.25, 0.3) is 5.91 Å². The summed E-state index contributed by atoms with van der Waals surface area (Å²) in [5.41, 5.74) is 3.99. The molecule has 0 spiro atoms. The number of benzene rings is 4. The van der Waals surface area contributed by atoms with Crippen molar-refractivity contribution in [3.63, 3.8) is 0 Å². The Labute approximate surface area is 209 Å². The zero-order valence-corrected chi connectivity index (χ0v) is 19.8. The predicted molar refractivity (Wildman–Crippen MR) is 140 cm³/mol. The van der Waals surface area contributed by atoms with Crippen molar-refractivity contribution in [1.82, 2.24) is 9.78 Å². The van der Waals surface area contributed by atoms with Crippen molar-refractivity contribution in [2.45, 2.75) is 6.61 Å². The smallest absolute Gasteiger partial charge is 0.259 e. The topological polar surface area (TPSA) is 65.4 Å². The first kappa shape index (κ1) is 22.9. The van der Waals surface area contributed by atoms with Crippen LogP contribution in [0.3, 0.4) is 0 Å². The zero-order valence-electron chi connectivity index (χ0n) is 19.8. The first-order valence-corrected chi connectivity index (χ1v) is 11.6. The average Bonchev–Trinajstić information content (AvgIpc) is 3.36. The zero-order chi connectivity index (χ0) is 24.7. The van der Waals surface area contributed by atoms with Crippen LogP contribution in [-0.4, -0.2) is 15.7 Å². The van der Waals surface area contributed by atoms with Gasteiger partial charge in [0.05, 0.1) is 11.8 Å². The monoisotopic (exact) mass is 475 g/mol. The third-order valence-electron chi connectivity index (χ3n) is 5.59. The number of anilines is 1. The van der Waals surface area contributed by atoms with E-state index in [0.717, 1.165) is 22.4 Å². The summed E-state index contributed by atoms with van der Waals surface area (Å²) in [5.74, 6) is 1.68. The number of para-hydroxylation sites is 1. The lowest BCUT2D eigenvalue weighted by Gasteiger charge is -2.14. The molecule has 0 aliphatic carbocycles. The summed E-state index contributed by atoms with van der Waals surface area (Å²) in [4.78, 5) is 13.2. The molecule has 0 radical (unpaired) electrons. The van der Waals surface area contributed by atoms with E-state index in [2.05, 4.69) is 10.4 Å². The molecule has 178 valence electrons. The molecule has 0 aliphatic rings. The molecule has 6 heteroatoms. The first-order valence-electron chi connectivity index (χ1n) is 11.6. The normalized spacial score (nSPS) is 10.6. The van der Waals surface area contributed by atoms with E-state index in [0.29, 0.717) is 29.4 Å². The van der Waals surface area contributed by atoms with E-state index in [9.17, 15) is 4.79 Å². The summed E-state index contributed by atoms with van der Waals surface area (Å²) >= 11 is 0. The molecule has 5 aromatic rings. The molecular weight excluding hydrogens is 450 g/mol. The molecule has 1 heterocycles. The van der Waals surface area contributed by atoms with Crippen LogP contribution in [-0.2, 0) is 13.7 Å². The Balaban J connectivity index is 1.35. The molecule has 0 atom stereocenters. The number of nitrogens with zero attached hydrogens (tertiary/aromatic N) is 2. The minimum Gasteiger partial charge on any atom is -0.488 e. The maximum absolute atomic E-state index is 13.2. The van der Waals surface area contributed by atoms with Crippen LogP contribution < -0.4 is 14.8 Å². The lowest BCUT2D eigenvalue weighted by molar-refractivity contribution is 0.102. The lowest BCUT2D eigenvalue weighted by atomic mass is 10.1. The fourth-order valence-electron chi connectivity index (χ4n) is 3.74. The molecule has 0 bridgehead atoms. The van der Waals surface area contributed by atoms with E-state index >= 15 is 0 Å². The van der Waals surface area contributed by atoms with Gasteiger partial charge in [0.1, 0.15) is 23.9 Å². The summed E-state index contributed by atoms with van der Waals surface area (Å²) in [6.45, 7) is 0.350. The van der Waals surface area contributed by atoms with Crippen molar-refractivity contribution in [2.75, 3.05) is 5.32 Å². The number of amides is 1. The number of carbonyl (C=O) groups excluding carboxylic acids is 1. The van der Waals surface area contributed by atoms with Crippen LogP contribution in [0.15, 0.2) is 116 Å². The fraction of sp³-hybridized carbons (Fsp3) is 0.0667. The van der Waals surface area contributed by atoms with Crippen LogP contribution in [0.1, 0.15) is 15.9 Å². The van der Waals surface area contributed by atoms with Gasteiger partial charge < -0.3 is 14.8 Å². The summed E-state index contributed by atoms with van der Waals surface area (Å²) in [6, 6.07) is 32.2. The Morgan fingerprint density at radius 2 is 1.53 bits per heavy atom. The molecule has 1 N–H and O–H groups in total.